The number of carbonyl (C=O) groups is 3. The minimum atomic E-state index is -4.27. The van der Waals surface area contributed by atoms with Crippen LogP contribution in [0.4, 0.5) is 0 Å². The van der Waals surface area contributed by atoms with Gasteiger partial charge in [-0.1, -0.05) is 116 Å². The Balaban J connectivity index is 0.000000293. The Morgan fingerprint density at radius 3 is 1.27 bits per heavy atom. The summed E-state index contributed by atoms with van der Waals surface area (Å²) in [6.07, 6.45) is 0. The van der Waals surface area contributed by atoms with Gasteiger partial charge in [0.25, 0.3) is 0 Å². The lowest BCUT2D eigenvalue weighted by Gasteiger charge is -2.25. The summed E-state index contributed by atoms with van der Waals surface area (Å²) in [5, 5.41) is 1.02. The minimum absolute atomic E-state index is 0.00411. The van der Waals surface area contributed by atoms with Crippen molar-refractivity contribution in [2.24, 2.45) is 0 Å². The van der Waals surface area contributed by atoms with Crippen molar-refractivity contribution >= 4 is 42.1 Å². The fraction of sp³-hybridized carbons (Fsp3) is 0.327. The van der Waals surface area contributed by atoms with Crippen LogP contribution in [0.5, 0.6) is 0 Å². The molecule has 0 aliphatic carbocycles. The van der Waals surface area contributed by atoms with Gasteiger partial charge in [0.05, 0.1) is 5.56 Å². The zero-order chi connectivity index (χ0) is 42.0. The predicted molar refractivity (Wildman–Crippen MR) is 235 cm³/mol. The average molecular weight is 788 g/mol. The van der Waals surface area contributed by atoms with E-state index in [9.17, 15) is 18.9 Å². The van der Waals surface area contributed by atoms with E-state index in [-0.39, 0.29) is 17.4 Å². The first-order valence-electron chi connectivity index (χ1n) is 19.3. The third-order valence-electron chi connectivity index (χ3n) is 10.4. The van der Waals surface area contributed by atoms with Crippen molar-refractivity contribution < 1.29 is 23.5 Å². The van der Waals surface area contributed by atoms with E-state index >= 15 is 4.57 Å². The van der Waals surface area contributed by atoms with Crippen LogP contribution in [0.1, 0.15) is 137 Å². The van der Waals surface area contributed by atoms with Gasteiger partial charge in [-0.3, -0.25) is 9.59 Å². The summed E-state index contributed by atoms with van der Waals surface area (Å²) in [5.41, 5.74) is 10.5. The molecule has 0 aromatic heterocycles. The van der Waals surface area contributed by atoms with Crippen LogP contribution >= 0.6 is 14.9 Å². The van der Waals surface area contributed by atoms with E-state index in [0.29, 0.717) is 27.3 Å². The molecule has 5 rings (SSSR count). The quantitative estimate of drug-likeness (QED) is 0.132. The van der Waals surface area contributed by atoms with E-state index < -0.39 is 26.0 Å². The molecule has 0 fully saturated rings. The second kappa shape index (κ2) is 17.7. The molecule has 0 bridgehead atoms. The Morgan fingerprint density at radius 2 is 0.893 bits per heavy atom. The monoisotopic (exact) mass is 787 g/mol. The van der Waals surface area contributed by atoms with Gasteiger partial charge in [0.2, 0.25) is 23.5 Å². The van der Waals surface area contributed by atoms with E-state index in [2.05, 4.69) is 13.8 Å². The smallest absolute Gasteiger partial charge is 0.302 e. The molecule has 0 saturated heterocycles. The fourth-order valence-electron chi connectivity index (χ4n) is 7.86. The maximum atomic E-state index is 15.4. The highest BCUT2D eigenvalue weighted by Crippen LogP contribution is 2.54. The average Bonchev–Trinajstić information content (AvgIpc) is 3.09. The molecule has 1 atom stereocenters. The van der Waals surface area contributed by atoms with Gasteiger partial charge in [0.1, 0.15) is 0 Å². The molecule has 0 aliphatic heterocycles. The second-order valence-corrected chi connectivity index (χ2v) is 20.0. The lowest BCUT2D eigenvalue weighted by atomic mass is 9.97. The van der Waals surface area contributed by atoms with Crippen LogP contribution in [0, 0.1) is 69.2 Å². The van der Waals surface area contributed by atoms with Crippen LogP contribution in [0.3, 0.4) is 0 Å². The van der Waals surface area contributed by atoms with Gasteiger partial charge in [-0.25, -0.2) is 4.79 Å². The first kappa shape index (κ1) is 44.2. The van der Waals surface area contributed by atoms with Crippen LogP contribution < -0.4 is 10.6 Å². The Bertz CT molecular complexity index is 2290. The third kappa shape index (κ3) is 9.01. The number of carbonyl (C=O) groups excluding carboxylic acids is 3. The molecule has 292 valence electrons. The fourth-order valence-corrected chi connectivity index (χ4v) is 12.2. The van der Waals surface area contributed by atoms with E-state index in [1.807, 2.05) is 156 Å². The summed E-state index contributed by atoms with van der Waals surface area (Å²) >= 11 is 0. The Labute approximate surface area is 335 Å². The molecule has 0 radical (unpaired) electrons. The van der Waals surface area contributed by atoms with Crippen molar-refractivity contribution in [1.82, 2.24) is 0 Å². The Morgan fingerprint density at radius 1 is 0.500 bits per heavy atom. The van der Waals surface area contributed by atoms with Crippen LogP contribution in [0.25, 0.3) is 0 Å². The van der Waals surface area contributed by atoms with Crippen molar-refractivity contribution in [2.75, 3.05) is 0 Å². The maximum Gasteiger partial charge on any atom is 0.458 e. The molecule has 0 amide bonds. The molecular weight excluding hydrogens is 730 g/mol. The number of rotatable bonds is 10. The largest absolute Gasteiger partial charge is 0.458 e. The van der Waals surface area contributed by atoms with E-state index in [1.54, 1.807) is 6.07 Å². The van der Waals surface area contributed by atoms with Crippen molar-refractivity contribution in [2.45, 2.75) is 109 Å². The molecule has 0 aliphatic rings. The van der Waals surface area contributed by atoms with Gasteiger partial charge in [-0.05, 0) is 138 Å². The van der Waals surface area contributed by atoms with Gasteiger partial charge < -0.3 is 4.57 Å². The summed E-state index contributed by atoms with van der Waals surface area (Å²) in [6.45, 7) is 27.2. The summed E-state index contributed by atoms with van der Waals surface area (Å²) in [7, 11) is -6.34. The van der Waals surface area contributed by atoms with Crippen LogP contribution in [0.2, 0.25) is 0 Å². The molecule has 0 heterocycles. The first-order chi connectivity index (χ1) is 26.1. The van der Waals surface area contributed by atoms with Crippen molar-refractivity contribution in [1.29, 1.82) is 0 Å². The zero-order valence-electron chi connectivity index (χ0n) is 35.6. The molecule has 5 aromatic carbocycles. The number of hydrogen-bond donors (Lipinski definition) is 0. The van der Waals surface area contributed by atoms with Crippen LogP contribution in [-0.2, 0) is 9.13 Å². The molecule has 0 N–H and O–H groups in total. The van der Waals surface area contributed by atoms with Gasteiger partial charge in [-0.15, -0.1) is 0 Å². The van der Waals surface area contributed by atoms with Crippen molar-refractivity contribution in [3.05, 3.63) is 162 Å². The van der Waals surface area contributed by atoms with Crippen molar-refractivity contribution in [3.63, 3.8) is 0 Å². The standard InChI is InChI=1S/C32H39O3P.C17H18O2P/c1-18(2)26-11-12-27(19(3)4)28(17-26)36(35,31(33)29-22(7)13-20(5)14-23(29)8)32(34)30-24(9)15-21(6)16-25(30)10;1-11-9-13(3)16(14(4)10-11)17(18)20(19)15-8-6-5-7-12(15)2/h11-19H,1-10H3;5-10H,1-4H3/q;+1. The predicted octanol–water partition coefficient (Wildman–Crippen LogP) is 12.7. The summed E-state index contributed by atoms with van der Waals surface area (Å²) in [5.74, 6) is 0.157. The highest BCUT2D eigenvalue weighted by Gasteiger charge is 2.46. The Hall–Kier alpha value is -4.56. The van der Waals surface area contributed by atoms with Gasteiger partial charge >= 0.3 is 13.3 Å². The third-order valence-corrected chi connectivity index (χ3v) is 14.6. The summed E-state index contributed by atoms with van der Waals surface area (Å²) in [4.78, 5) is 41.6. The van der Waals surface area contributed by atoms with Gasteiger partial charge in [0.15, 0.2) is 0 Å². The topological polar surface area (TPSA) is 85.3 Å². The second-order valence-electron chi connectivity index (χ2n) is 16.1. The number of benzene rings is 5. The zero-order valence-corrected chi connectivity index (χ0v) is 37.4. The molecular formula is C49H57O5P2+. The van der Waals surface area contributed by atoms with E-state index in [0.717, 1.165) is 66.8 Å². The summed E-state index contributed by atoms with van der Waals surface area (Å²) < 4.78 is 27.9. The maximum absolute atomic E-state index is 15.4. The van der Waals surface area contributed by atoms with Crippen molar-refractivity contribution in [3.8, 4) is 0 Å². The molecule has 0 spiro atoms. The molecule has 5 nitrogen and oxygen atoms in total. The first-order valence-corrected chi connectivity index (χ1v) is 22.2. The highest BCUT2D eigenvalue weighted by molar-refractivity contribution is 8.01. The SMILES string of the molecule is Cc1cc(C)c(C(=O)P(=O)(C(=O)c2c(C)cc(C)cc2C)c2cc(C(C)C)ccc2C(C)C)c(C)c1.Cc1cc(C)c(C(=O)[P+](=O)c2ccccc2C)c(C)c1. The normalized spacial score (nSPS) is 11.7. The van der Waals surface area contributed by atoms with Crippen LogP contribution in [-0.4, -0.2) is 16.6 Å². The highest BCUT2D eigenvalue weighted by atomic mass is 31.2. The molecule has 1 unspecified atom stereocenters. The van der Waals surface area contributed by atoms with E-state index in [1.165, 1.54) is 0 Å². The molecule has 56 heavy (non-hydrogen) atoms. The number of hydrogen-bond acceptors (Lipinski definition) is 5. The van der Waals surface area contributed by atoms with Crippen LogP contribution in [0.15, 0.2) is 78.9 Å². The Kier molecular flexibility index (Phi) is 14.0. The summed E-state index contributed by atoms with van der Waals surface area (Å²) in [6, 6.07) is 24.8. The lowest BCUT2D eigenvalue weighted by molar-refractivity contribution is 0.103. The minimum Gasteiger partial charge on any atom is -0.302 e. The molecule has 7 heteroatoms. The van der Waals surface area contributed by atoms with E-state index in [4.69, 9.17) is 0 Å². The number of aryl methyl sites for hydroxylation is 10. The molecule has 0 saturated carbocycles. The lowest BCUT2D eigenvalue weighted by Crippen LogP contribution is -2.26. The molecule has 5 aromatic rings. The van der Waals surface area contributed by atoms with Gasteiger partial charge in [0, 0.05) is 22.0 Å². The van der Waals surface area contributed by atoms with Gasteiger partial charge in [-0.2, -0.15) is 0 Å².